The van der Waals surface area contributed by atoms with Gasteiger partial charge >= 0.3 is 0 Å². The first-order chi connectivity index (χ1) is 14.1. The first-order valence-corrected chi connectivity index (χ1v) is 12.6. The molecule has 0 aliphatic heterocycles. The van der Waals surface area contributed by atoms with E-state index in [2.05, 4.69) is 112 Å². The first kappa shape index (κ1) is 20.2. The van der Waals surface area contributed by atoms with Crippen LogP contribution in [-0.4, -0.2) is 6.04 Å². The molecule has 0 saturated heterocycles. The van der Waals surface area contributed by atoms with Gasteiger partial charge in [0.15, 0.2) is 0 Å². The van der Waals surface area contributed by atoms with Gasteiger partial charge in [-0.05, 0) is 30.6 Å². The zero-order valence-corrected chi connectivity index (χ0v) is 18.7. The Morgan fingerprint density at radius 3 is 1.28 bits per heavy atom. The topological polar surface area (TPSA) is 12.4 Å². The quantitative estimate of drug-likeness (QED) is 0.459. The molecular weight excluding hydrogens is 369 g/mol. The van der Waals surface area contributed by atoms with Gasteiger partial charge in [0.2, 0.25) is 0 Å². The molecule has 0 spiro atoms. The minimum atomic E-state index is -2.09. The summed E-state index contributed by atoms with van der Waals surface area (Å²) >= 11 is 0. The predicted octanol–water partition coefficient (Wildman–Crippen LogP) is 6.23. The van der Waals surface area contributed by atoms with Gasteiger partial charge in [0, 0.05) is 15.9 Å². The summed E-state index contributed by atoms with van der Waals surface area (Å²) in [6.45, 7) is 7.23. The van der Waals surface area contributed by atoms with Gasteiger partial charge in [0.1, 0.15) is 0 Å². The average Bonchev–Trinajstić information content (AvgIpc) is 2.75. The highest BCUT2D eigenvalue weighted by Gasteiger charge is 2.35. The van der Waals surface area contributed by atoms with E-state index in [9.17, 15) is 0 Å². The molecule has 1 aliphatic carbocycles. The van der Waals surface area contributed by atoms with Gasteiger partial charge in [-0.25, -0.2) is 0 Å². The first-order valence-electron chi connectivity index (χ1n) is 10.9. The summed E-state index contributed by atoms with van der Waals surface area (Å²) in [6.07, 6.45) is 2.55. The van der Waals surface area contributed by atoms with Crippen LogP contribution < -0.4 is 15.9 Å². The van der Waals surface area contributed by atoms with E-state index in [4.69, 9.17) is 4.74 Å². The summed E-state index contributed by atoms with van der Waals surface area (Å²) < 4.78 is 5.89. The summed E-state index contributed by atoms with van der Waals surface area (Å²) in [4.78, 5) is 0. The SMILES string of the molecule is CC1CC(C)C(N=P(c2ccccc2)(c2ccccc2)c2ccccc2)C(C)C1. The van der Waals surface area contributed by atoms with Gasteiger partial charge in [0.05, 0.1) is 13.1 Å². The Bertz CT molecular complexity index is 850. The van der Waals surface area contributed by atoms with E-state index < -0.39 is 7.05 Å². The third kappa shape index (κ3) is 3.99. The van der Waals surface area contributed by atoms with Gasteiger partial charge in [-0.15, -0.1) is 0 Å². The van der Waals surface area contributed by atoms with Crippen molar-refractivity contribution in [2.45, 2.75) is 39.7 Å². The maximum Gasteiger partial charge on any atom is 0.0551 e. The van der Waals surface area contributed by atoms with Crippen molar-refractivity contribution in [3.63, 3.8) is 0 Å². The van der Waals surface area contributed by atoms with Crippen LogP contribution in [0.1, 0.15) is 33.6 Å². The Kier molecular flexibility index (Phi) is 6.07. The fourth-order valence-corrected chi connectivity index (χ4v) is 9.17. The molecule has 0 aromatic heterocycles. The lowest BCUT2D eigenvalue weighted by Gasteiger charge is -2.39. The second-order valence-electron chi connectivity index (χ2n) is 8.78. The largest absolute Gasteiger partial charge is 0.286 e. The third-order valence-electron chi connectivity index (χ3n) is 6.41. The standard InChI is InChI=1S/C27H32NP/c1-21-19-22(2)27(23(3)20-21)28-29(24-13-7-4-8-14-24,25-15-9-5-10-16-25)26-17-11-6-12-18-26/h4-18,21-23,27H,19-20H2,1-3H3. The molecule has 1 fully saturated rings. The highest BCUT2D eigenvalue weighted by atomic mass is 31.2. The third-order valence-corrected chi connectivity index (χ3v) is 10.2. The van der Waals surface area contributed by atoms with Crippen LogP contribution in [-0.2, 0) is 0 Å². The van der Waals surface area contributed by atoms with Gasteiger partial charge < -0.3 is 0 Å². The molecule has 2 heteroatoms. The summed E-state index contributed by atoms with van der Waals surface area (Å²) in [5, 5.41) is 4.07. The molecule has 0 bridgehead atoms. The Labute approximate surface area is 176 Å². The molecule has 2 atom stereocenters. The van der Waals surface area contributed by atoms with Crippen molar-refractivity contribution >= 4 is 23.0 Å². The number of hydrogen-bond donors (Lipinski definition) is 0. The molecule has 150 valence electrons. The fraction of sp³-hybridized carbons (Fsp3) is 0.333. The molecule has 0 N–H and O–H groups in total. The van der Waals surface area contributed by atoms with E-state index in [1.165, 1.54) is 28.8 Å². The van der Waals surface area contributed by atoms with Crippen molar-refractivity contribution in [2.24, 2.45) is 22.5 Å². The predicted molar refractivity (Wildman–Crippen MR) is 128 cm³/mol. The smallest absolute Gasteiger partial charge is 0.0551 e. The van der Waals surface area contributed by atoms with Crippen molar-refractivity contribution < 1.29 is 0 Å². The van der Waals surface area contributed by atoms with Crippen molar-refractivity contribution in [1.82, 2.24) is 0 Å². The Morgan fingerprint density at radius 1 is 0.586 bits per heavy atom. The van der Waals surface area contributed by atoms with Crippen LogP contribution in [0.25, 0.3) is 0 Å². The van der Waals surface area contributed by atoms with Gasteiger partial charge in [-0.1, -0.05) is 112 Å². The van der Waals surface area contributed by atoms with Crippen LogP contribution in [0.2, 0.25) is 0 Å². The highest BCUT2D eigenvalue weighted by molar-refractivity contribution is 7.87. The molecular formula is C27H32NP. The van der Waals surface area contributed by atoms with E-state index in [1.807, 2.05) is 0 Å². The van der Waals surface area contributed by atoms with Gasteiger partial charge in [-0.2, -0.15) is 0 Å². The molecule has 1 saturated carbocycles. The van der Waals surface area contributed by atoms with E-state index in [0.717, 1.165) is 5.92 Å². The van der Waals surface area contributed by atoms with Crippen LogP contribution in [0, 0.1) is 17.8 Å². The van der Waals surface area contributed by atoms with Crippen molar-refractivity contribution in [3.05, 3.63) is 91.0 Å². The molecule has 1 nitrogen and oxygen atoms in total. The van der Waals surface area contributed by atoms with Gasteiger partial charge in [0.25, 0.3) is 0 Å². The number of benzene rings is 3. The van der Waals surface area contributed by atoms with Crippen LogP contribution in [0.4, 0.5) is 0 Å². The lowest BCUT2D eigenvalue weighted by molar-refractivity contribution is 0.198. The molecule has 0 heterocycles. The Morgan fingerprint density at radius 2 is 0.931 bits per heavy atom. The second-order valence-corrected chi connectivity index (χ2v) is 11.8. The summed E-state index contributed by atoms with van der Waals surface area (Å²) in [7, 11) is -2.09. The molecule has 0 amide bonds. The van der Waals surface area contributed by atoms with E-state index in [0.29, 0.717) is 17.9 Å². The Hall–Kier alpha value is -2.11. The summed E-state index contributed by atoms with van der Waals surface area (Å²) in [5.41, 5.74) is 0. The Balaban J connectivity index is 2.03. The molecule has 3 aromatic rings. The lowest BCUT2D eigenvalue weighted by Crippen LogP contribution is -2.35. The van der Waals surface area contributed by atoms with Crippen molar-refractivity contribution in [1.29, 1.82) is 0 Å². The molecule has 4 rings (SSSR count). The number of hydrogen-bond acceptors (Lipinski definition) is 1. The minimum absolute atomic E-state index is 0.389. The molecule has 2 unspecified atom stereocenters. The second kappa shape index (κ2) is 8.72. The normalized spacial score (nSPS) is 24.8. The van der Waals surface area contributed by atoms with Gasteiger partial charge in [-0.3, -0.25) is 4.74 Å². The maximum atomic E-state index is 5.89. The van der Waals surface area contributed by atoms with Crippen LogP contribution in [0.3, 0.4) is 0 Å². The fourth-order valence-electron chi connectivity index (χ4n) is 5.21. The molecule has 1 aliphatic rings. The summed E-state index contributed by atoms with van der Waals surface area (Å²) in [6, 6.07) is 33.5. The zero-order chi connectivity index (χ0) is 20.3. The van der Waals surface area contributed by atoms with Crippen molar-refractivity contribution in [3.8, 4) is 0 Å². The molecule has 3 aromatic carbocycles. The number of nitrogens with zero attached hydrogens (tertiary/aromatic N) is 1. The minimum Gasteiger partial charge on any atom is -0.286 e. The van der Waals surface area contributed by atoms with Crippen LogP contribution >= 0.6 is 7.05 Å². The maximum absolute atomic E-state index is 5.89. The van der Waals surface area contributed by atoms with Crippen LogP contribution in [0.15, 0.2) is 95.7 Å². The van der Waals surface area contributed by atoms with E-state index >= 15 is 0 Å². The summed E-state index contributed by atoms with van der Waals surface area (Å²) in [5.74, 6) is 2.03. The average molecular weight is 402 g/mol. The van der Waals surface area contributed by atoms with E-state index in [1.54, 1.807) is 0 Å². The number of rotatable bonds is 4. The monoisotopic (exact) mass is 401 g/mol. The highest BCUT2D eigenvalue weighted by Crippen LogP contribution is 2.50. The van der Waals surface area contributed by atoms with E-state index in [-0.39, 0.29) is 0 Å². The van der Waals surface area contributed by atoms with Crippen molar-refractivity contribution in [2.75, 3.05) is 0 Å². The lowest BCUT2D eigenvalue weighted by atomic mass is 9.74. The molecule has 0 radical (unpaired) electrons. The zero-order valence-electron chi connectivity index (χ0n) is 17.8. The molecule has 29 heavy (non-hydrogen) atoms. The van der Waals surface area contributed by atoms with Crippen LogP contribution in [0.5, 0.6) is 0 Å².